The van der Waals surface area contributed by atoms with Gasteiger partial charge in [0.25, 0.3) is 5.91 Å². The molecule has 1 saturated heterocycles. The first-order valence-corrected chi connectivity index (χ1v) is 9.40. The Morgan fingerprint density at radius 1 is 1.12 bits per heavy atom. The number of carbonyl (C=O) groups excluding carboxylic acids is 2. The van der Waals surface area contributed by atoms with Crippen molar-refractivity contribution in [1.82, 2.24) is 10.2 Å². The third-order valence-electron chi connectivity index (χ3n) is 3.96. The molecule has 26 heavy (non-hydrogen) atoms. The number of imide groups is 1. The van der Waals surface area contributed by atoms with E-state index in [9.17, 15) is 9.59 Å². The van der Waals surface area contributed by atoms with Gasteiger partial charge in [0.05, 0.1) is 22.6 Å². The van der Waals surface area contributed by atoms with E-state index in [1.54, 1.807) is 13.2 Å². The summed E-state index contributed by atoms with van der Waals surface area (Å²) < 4.78 is 6.76. The molecule has 0 aliphatic carbocycles. The van der Waals surface area contributed by atoms with Crippen LogP contribution in [0.15, 0.2) is 51.0 Å². The summed E-state index contributed by atoms with van der Waals surface area (Å²) >= 11 is 6.86. The number of ether oxygens (including phenoxy) is 1. The van der Waals surface area contributed by atoms with E-state index in [-0.39, 0.29) is 18.1 Å². The van der Waals surface area contributed by atoms with Crippen LogP contribution >= 0.6 is 31.9 Å². The fraction of sp³-hybridized carbons (Fsp3) is 0.158. The molecule has 2 aromatic carbocycles. The molecule has 1 fully saturated rings. The van der Waals surface area contributed by atoms with Crippen LogP contribution in [0.4, 0.5) is 4.79 Å². The van der Waals surface area contributed by atoms with Crippen molar-refractivity contribution in [1.29, 1.82) is 0 Å². The third kappa shape index (κ3) is 3.83. The monoisotopic (exact) mass is 478 g/mol. The van der Waals surface area contributed by atoms with E-state index in [2.05, 4.69) is 37.2 Å². The lowest BCUT2D eigenvalue weighted by molar-refractivity contribution is -0.123. The number of methoxy groups -OCH3 is 1. The normalized spacial score (nSPS) is 15.5. The Bertz CT molecular complexity index is 884. The topological polar surface area (TPSA) is 58.6 Å². The smallest absolute Gasteiger partial charge is 0.329 e. The van der Waals surface area contributed by atoms with E-state index in [0.717, 1.165) is 25.6 Å². The number of urea groups is 1. The van der Waals surface area contributed by atoms with Gasteiger partial charge in [0.2, 0.25) is 0 Å². The first-order valence-electron chi connectivity index (χ1n) is 7.82. The molecule has 1 aliphatic heterocycles. The van der Waals surface area contributed by atoms with E-state index < -0.39 is 6.03 Å². The molecule has 0 aromatic heterocycles. The zero-order chi connectivity index (χ0) is 18.8. The quantitative estimate of drug-likeness (QED) is 0.514. The number of nitrogens with zero attached hydrogens (tertiary/aromatic N) is 1. The maximum absolute atomic E-state index is 12.6. The largest absolute Gasteiger partial charge is 0.494 e. The predicted octanol–water partition coefficient (Wildman–Crippen LogP) is 4.62. The molecule has 3 rings (SSSR count). The second-order valence-electron chi connectivity index (χ2n) is 5.88. The number of carbonyl (C=O) groups is 2. The van der Waals surface area contributed by atoms with Crippen molar-refractivity contribution >= 4 is 49.9 Å². The van der Waals surface area contributed by atoms with Crippen LogP contribution in [0.25, 0.3) is 6.08 Å². The number of amides is 3. The third-order valence-corrected chi connectivity index (χ3v) is 5.14. The Morgan fingerprint density at radius 2 is 1.73 bits per heavy atom. The summed E-state index contributed by atoms with van der Waals surface area (Å²) in [6.45, 7) is 2.22. The molecule has 1 heterocycles. The fourth-order valence-corrected chi connectivity index (χ4v) is 4.16. The summed E-state index contributed by atoms with van der Waals surface area (Å²) in [6.07, 6.45) is 1.64. The maximum atomic E-state index is 12.6. The predicted molar refractivity (Wildman–Crippen MR) is 107 cm³/mol. The van der Waals surface area contributed by atoms with Crippen molar-refractivity contribution in [3.8, 4) is 5.75 Å². The van der Waals surface area contributed by atoms with Crippen molar-refractivity contribution in [2.75, 3.05) is 7.11 Å². The molecule has 0 radical (unpaired) electrons. The number of hydrogen-bond donors (Lipinski definition) is 1. The summed E-state index contributed by atoms with van der Waals surface area (Å²) in [5, 5.41) is 2.64. The molecular weight excluding hydrogens is 464 g/mol. The molecule has 0 unspecified atom stereocenters. The summed E-state index contributed by atoms with van der Waals surface area (Å²) in [6, 6.07) is 10.9. The fourth-order valence-electron chi connectivity index (χ4n) is 2.62. The Kier molecular flexibility index (Phi) is 5.48. The van der Waals surface area contributed by atoms with Crippen molar-refractivity contribution in [3.63, 3.8) is 0 Å². The lowest BCUT2D eigenvalue weighted by atomic mass is 10.1. The van der Waals surface area contributed by atoms with Gasteiger partial charge in [-0.3, -0.25) is 9.69 Å². The highest BCUT2D eigenvalue weighted by atomic mass is 79.9. The summed E-state index contributed by atoms with van der Waals surface area (Å²) in [5.74, 6) is 0.313. The number of aryl methyl sites for hydroxylation is 1. The highest BCUT2D eigenvalue weighted by molar-refractivity contribution is 9.11. The van der Waals surface area contributed by atoms with Gasteiger partial charge in [0.15, 0.2) is 0 Å². The Hall–Kier alpha value is -2.12. The Balaban J connectivity index is 1.84. The number of nitrogens with one attached hydrogen (secondary N) is 1. The first-order chi connectivity index (χ1) is 12.4. The van der Waals surface area contributed by atoms with Crippen LogP contribution in [0.1, 0.15) is 16.7 Å². The number of rotatable bonds is 4. The zero-order valence-corrected chi connectivity index (χ0v) is 17.3. The number of halogens is 2. The van der Waals surface area contributed by atoms with Gasteiger partial charge >= 0.3 is 6.03 Å². The number of benzene rings is 2. The zero-order valence-electron chi connectivity index (χ0n) is 14.2. The van der Waals surface area contributed by atoms with Gasteiger partial charge in [0.1, 0.15) is 11.4 Å². The van der Waals surface area contributed by atoms with Gasteiger partial charge in [0, 0.05) is 0 Å². The second-order valence-corrected chi connectivity index (χ2v) is 7.59. The van der Waals surface area contributed by atoms with Gasteiger partial charge in [-0.05, 0) is 68.1 Å². The van der Waals surface area contributed by atoms with Gasteiger partial charge in [-0.2, -0.15) is 0 Å². The van der Waals surface area contributed by atoms with Gasteiger partial charge in [-0.25, -0.2) is 4.79 Å². The molecule has 7 heteroatoms. The van der Waals surface area contributed by atoms with Crippen LogP contribution in [0.3, 0.4) is 0 Å². The van der Waals surface area contributed by atoms with E-state index in [0.29, 0.717) is 5.75 Å². The van der Waals surface area contributed by atoms with Gasteiger partial charge in [-0.15, -0.1) is 0 Å². The van der Waals surface area contributed by atoms with Crippen LogP contribution in [-0.2, 0) is 11.3 Å². The van der Waals surface area contributed by atoms with Crippen LogP contribution in [0.2, 0.25) is 0 Å². The molecule has 0 spiro atoms. The van der Waals surface area contributed by atoms with Crippen LogP contribution < -0.4 is 10.1 Å². The summed E-state index contributed by atoms with van der Waals surface area (Å²) in [5.41, 5.74) is 3.02. The SMILES string of the molecule is COc1c(Br)cc(/C=C2/NC(=O)N(Cc3ccc(C)cc3)C2=O)cc1Br. The molecular formula is C19H16Br2N2O3. The highest BCUT2D eigenvalue weighted by Crippen LogP contribution is 2.35. The molecule has 0 bridgehead atoms. The second kappa shape index (κ2) is 7.63. The molecule has 0 atom stereocenters. The maximum Gasteiger partial charge on any atom is 0.329 e. The molecule has 5 nitrogen and oxygen atoms in total. The van der Waals surface area contributed by atoms with Gasteiger partial charge < -0.3 is 10.1 Å². The van der Waals surface area contributed by atoms with Crippen LogP contribution in [-0.4, -0.2) is 23.9 Å². The standard InChI is InChI=1S/C19H16Br2N2O3/c1-11-3-5-12(6-4-11)10-23-18(24)16(22-19(23)25)9-13-7-14(20)17(26-2)15(21)8-13/h3-9H,10H2,1-2H3,(H,22,25)/b16-9+. The van der Waals surface area contributed by atoms with Crippen molar-refractivity contribution in [2.24, 2.45) is 0 Å². The van der Waals surface area contributed by atoms with Crippen molar-refractivity contribution in [3.05, 3.63) is 67.7 Å². The van der Waals surface area contributed by atoms with Gasteiger partial charge in [-0.1, -0.05) is 29.8 Å². The van der Waals surface area contributed by atoms with Crippen LogP contribution in [0.5, 0.6) is 5.75 Å². The molecule has 134 valence electrons. The van der Waals surface area contributed by atoms with Crippen LogP contribution in [0, 0.1) is 6.92 Å². The van der Waals surface area contributed by atoms with E-state index in [4.69, 9.17) is 4.74 Å². The average molecular weight is 480 g/mol. The lowest BCUT2D eigenvalue weighted by Crippen LogP contribution is -2.30. The molecule has 1 N–H and O–H groups in total. The molecule has 1 aliphatic rings. The molecule has 2 aromatic rings. The summed E-state index contributed by atoms with van der Waals surface area (Å²) in [7, 11) is 1.58. The summed E-state index contributed by atoms with van der Waals surface area (Å²) in [4.78, 5) is 26.0. The number of hydrogen-bond acceptors (Lipinski definition) is 3. The Morgan fingerprint density at radius 3 is 2.31 bits per heavy atom. The average Bonchev–Trinajstić information content (AvgIpc) is 2.84. The molecule has 0 saturated carbocycles. The van der Waals surface area contributed by atoms with E-state index in [1.807, 2.05) is 43.3 Å². The minimum Gasteiger partial charge on any atom is -0.494 e. The first kappa shape index (κ1) is 18.7. The minimum absolute atomic E-state index is 0.234. The van der Waals surface area contributed by atoms with Crippen molar-refractivity contribution in [2.45, 2.75) is 13.5 Å². The van der Waals surface area contributed by atoms with E-state index >= 15 is 0 Å². The van der Waals surface area contributed by atoms with Crippen molar-refractivity contribution < 1.29 is 14.3 Å². The lowest BCUT2D eigenvalue weighted by Gasteiger charge is -2.12. The molecule has 3 amide bonds. The van der Waals surface area contributed by atoms with E-state index in [1.165, 1.54) is 4.90 Å². The highest BCUT2D eigenvalue weighted by Gasteiger charge is 2.33. The minimum atomic E-state index is -0.423. The Labute approximate surface area is 168 Å².